The highest BCUT2D eigenvalue weighted by Crippen LogP contribution is 2.16. The molecule has 0 saturated carbocycles. The van der Waals surface area contributed by atoms with E-state index in [2.05, 4.69) is 16.7 Å². The van der Waals surface area contributed by atoms with Crippen LogP contribution in [-0.4, -0.2) is 38.5 Å². The fourth-order valence-electron chi connectivity index (χ4n) is 2.74. The molecule has 0 aromatic carbocycles. The van der Waals surface area contributed by atoms with Gasteiger partial charge in [-0.1, -0.05) is 25.8 Å². The Bertz CT molecular complexity index is 694. The van der Waals surface area contributed by atoms with Crippen molar-refractivity contribution in [1.29, 1.82) is 0 Å². The van der Waals surface area contributed by atoms with Crippen molar-refractivity contribution in [1.82, 2.24) is 14.6 Å². The maximum Gasteiger partial charge on any atom is 0.331 e. The van der Waals surface area contributed by atoms with Gasteiger partial charge in [-0.2, -0.15) is 5.10 Å². The normalized spacial score (nSPS) is 16.2. The molecule has 0 atom stereocenters. The lowest BCUT2D eigenvalue weighted by Gasteiger charge is -2.18. The molecule has 2 N–H and O–H groups in total. The van der Waals surface area contributed by atoms with Gasteiger partial charge in [0.05, 0.1) is 5.71 Å². The Morgan fingerprint density at radius 1 is 1.30 bits per heavy atom. The molecule has 2 heterocycles. The Labute approximate surface area is 135 Å². The number of aromatic hydroxyl groups is 1. The molecule has 0 amide bonds. The number of allylic oxidation sites excluding steroid dienone is 1. The second kappa shape index (κ2) is 7.80. The van der Waals surface area contributed by atoms with Gasteiger partial charge in [-0.25, -0.2) is 4.79 Å². The van der Waals surface area contributed by atoms with E-state index >= 15 is 0 Å². The van der Waals surface area contributed by atoms with E-state index in [4.69, 9.17) is 0 Å². The zero-order valence-corrected chi connectivity index (χ0v) is 13.5. The van der Waals surface area contributed by atoms with Crippen molar-refractivity contribution in [2.45, 2.75) is 45.6 Å². The number of nitrogens with one attached hydrogen (secondary N) is 1. The number of rotatable bonds is 5. The highest BCUT2D eigenvalue weighted by molar-refractivity contribution is 6.01. The van der Waals surface area contributed by atoms with Crippen LogP contribution in [0.15, 0.2) is 27.3 Å². The lowest BCUT2D eigenvalue weighted by atomic mass is 10.1. The molecule has 2 rings (SSSR count). The first-order chi connectivity index (χ1) is 11.1. The van der Waals surface area contributed by atoms with E-state index in [-0.39, 0.29) is 18.0 Å². The van der Waals surface area contributed by atoms with Gasteiger partial charge in [0.15, 0.2) is 0 Å². The molecule has 0 aliphatic carbocycles. The van der Waals surface area contributed by atoms with Crippen molar-refractivity contribution in [3.63, 3.8) is 0 Å². The molecule has 0 bridgehead atoms. The molecule has 7 heteroatoms. The molecule has 0 spiro atoms. The van der Waals surface area contributed by atoms with Gasteiger partial charge in [0, 0.05) is 19.6 Å². The van der Waals surface area contributed by atoms with Crippen LogP contribution in [0.4, 0.5) is 0 Å². The van der Waals surface area contributed by atoms with Crippen molar-refractivity contribution < 1.29 is 5.11 Å². The number of hydrogen-bond donors (Lipinski definition) is 2. The lowest BCUT2D eigenvalue weighted by molar-refractivity contribution is 0.300. The molecule has 23 heavy (non-hydrogen) atoms. The molecule has 0 unspecified atom stereocenters. The zero-order valence-electron chi connectivity index (χ0n) is 13.5. The maximum atomic E-state index is 12.2. The summed E-state index contributed by atoms with van der Waals surface area (Å²) >= 11 is 0. The molecule has 1 fully saturated rings. The van der Waals surface area contributed by atoms with Gasteiger partial charge in [-0.3, -0.25) is 19.4 Å². The van der Waals surface area contributed by atoms with E-state index < -0.39 is 11.2 Å². The van der Waals surface area contributed by atoms with Crippen molar-refractivity contribution in [3.8, 4) is 5.88 Å². The van der Waals surface area contributed by atoms with Crippen molar-refractivity contribution >= 4 is 5.71 Å². The number of hydrazone groups is 1. The second-order valence-electron chi connectivity index (χ2n) is 5.63. The van der Waals surface area contributed by atoms with Crippen LogP contribution in [0, 0.1) is 0 Å². The van der Waals surface area contributed by atoms with Crippen LogP contribution in [0.5, 0.6) is 5.88 Å². The highest BCUT2D eigenvalue weighted by atomic mass is 16.3. The van der Waals surface area contributed by atoms with Crippen LogP contribution in [0.2, 0.25) is 0 Å². The first-order valence-electron chi connectivity index (χ1n) is 8.08. The van der Waals surface area contributed by atoms with Gasteiger partial charge < -0.3 is 5.11 Å². The Morgan fingerprint density at radius 3 is 2.52 bits per heavy atom. The fraction of sp³-hybridized carbons (Fsp3) is 0.562. The molecule has 1 saturated heterocycles. The summed E-state index contributed by atoms with van der Waals surface area (Å²) in [7, 11) is 0. The SMILES string of the molecule is C=CCn1c(O)c(/C(CC)=N/N2CCCCCC2)c(=O)[nH]c1=O. The van der Waals surface area contributed by atoms with Gasteiger partial charge in [-0.15, -0.1) is 6.58 Å². The summed E-state index contributed by atoms with van der Waals surface area (Å²) in [6, 6.07) is 0. The van der Waals surface area contributed by atoms with E-state index in [1.54, 1.807) is 0 Å². The van der Waals surface area contributed by atoms with Gasteiger partial charge in [-0.05, 0) is 19.3 Å². The van der Waals surface area contributed by atoms with E-state index in [0.29, 0.717) is 12.1 Å². The minimum atomic E-state index is -0.652. The largest absolute Gasteiger partial charge is 0.494 e. The first-order valence-corrected chi connectivity index (χ1v) is 8.08. The molecule has 1 aliphatic heterocycles. The fourth-order valence-corrected chi connectivity index (χ4v) is 2.74. The first kappa shape index (κ1) is 17.1. The average Bonchev–Trinajstić information content (AvgIpc) is 2.78. The molecular formula is C16H24N4O3. The Balaban J connectivity index is 2.48. The summed E-state index contributed by atoms with van der Waals surface area (Å²) < 4.78 is 1.08. The van der Waals surface area contributed by atoms with Crippen LogP contribution in [0.3, 0.4) is 0 Å². The molecule has 1 aromatic heterocycles. The van der Waals surface area contributed by atoms with Gasteiger partial charge in [0.1, 0.15) is 5.56 Å². The third kappa shape index (κ3) is 3.91. The number of nitrogens with zero attached hydrogens (tertiary/aromatic N) is 3. The predicted octanol–water partition coefficient (Wildman–Crippen LogP) is 1.42. The van der Waals surface area contributed by atoms with E-state index in [0.717, 1.165) is 30.5 Å². The summed E-state index contributed by atoms with van der Waals surface area (Å²) in [5, 5.41) is 16.9. The predicted molar refractivity (Wildman–Crippen MR) is 90.1 cm³/mol. The van der Waals surface area contributed by atoms with Gasteiger partial charge in [0.2, 0.25) is 5.88 Å². The van der Waals surface area contributed by atoms with E-state index in [1.165, 1.54) is 18.9 Å². The number of hydrogen-bond acceptors (Lipinski definition) is 5. The maximum absolute atomic E-state index is 12.2. The van der Waals surface area contributed by atoms with Crippen LogP contribution >= 0.6 is 0 Å². The van der Waals surface area contributed by atoms with Crippen LogP contribution < -0.4 is 11.2 Å². The second-order valence-corrected chi connectivity index (χ2v) is 5.63. The van der Waals surface area contributed by atoms with Crippen LogP contribution in [0.25, 0.3) is 0 Å². The van der Waals surface area contributed by atoms with Crippen LogP contribution in [-0.2, 0) is 6.54 Å². The summed E-state index contributed by atoms with van der Waals surface area (Å²) in [6.45, 7) is 7.24. The van der Waals surface area contributed by atoms with Gasteiger partial charge in [0.25, 0.3) is 5.56 Å². The lowest BCUT2D eigenvalue weighted by Crippen LogP contribution is -2.34. The Morgan fingerprint density at radius 2 is 1.96 bits per heavy atom. The average molecular weight is 320 g/mol. The smallest absolute Gasteiger partial charge is 0.331 e. The quantitative estimate of drug-likeness (QED) is 0.634. The minimum Gasteiger partial charge on any atom is -0.494 e. The monoisotopic (exact) mass is 320 g/mol. The summed E-state index contributed by atoms with van der Waals surface area (Å²) in [6.07, 6.45) is 6.48. The molecule has 126 valence electrons. The van der Waals surface area contributed by atoms with Crippen molar-refractivity contribution in [2.75, 3.05) is 13.1 Å². The summed E-state index contributed by atoms with van der Waals surface area (Å²) in [5.74, 6) is -0.353. The highest BCUT2D eigenvalue weighted by Gasteiger charge is 2.19. The van der Waals surface area contributed by atoms with E-state index in [9.17, 15) is 14.7 Å². The number of H-pyrrole nitrogens is 1. The molecule has 0 radical (unpaired) electrons. The van der Waals surface area contributed by atoms with Gasteiger partial charge >= 0.3 is 5.69 Å². The minimum absolute atomic E-state index is 0.0678. The molecule has 7 nitrogen and oxygen atoms in total. The summed E-state index contributed by atoms with van der Waals surface area (Å²) in [4.78, 5) is 26.2. The molecule has 1 aliphatic rings. The number of aromatic nitrogens is 2. The third-order valence-corrected chi connectivity index (χ3v) is 3.95. The Kier molecular flexibility index (Phi) is 5.78. The Hall–Kier alpha value is -2.31. The standard InChI is InChI=1S/C16H24N4O3/c1-3-9-20-15(22)13(14(21)17-16(20)23)12(4-2)18-19-10-7-5-6-8-11-19/h3,22H,1,4-11H2,2H3,(H,17,21,23)/b18-12+. The summed E-state index contributed by atoms with van der Waals surface area (Å²) in [5.41, 5.74) is -0.703. The van der Waals surface area contributed by atoms with Crippen LogP contribution in [0.1, 0.15) is 44.6 Å². The van der Waals surface area contributed by atoms with E-state index in [1.807, 2.05) is 11.9 Å². The topological polar surface area (TPSA) is 90.7 Å². The zero-order chi connectivity index (χ0) is 16.8. The number of aromatic amines is 1. The molecular weight excluding hydrogens is 296 g/mol. The van der Waals surface area contributed by atoms with Crippen molar-refractivity contribution in [3.05, 3.63) is 39.1 Å². The van der Waals surface area contributed by atoms with Crippen molar-refractivity contribution in [2.24, 2.45) is 5.10 Å². The third-order valence-electron chi connectivity index (χ3n) is 3.95. The molecule has 1 aromatic rings.